The van der Waals surface area contributed by atoms with E-state index < -0.39 is 6.09 Å². The molecule has 1 aromatic rings. The van der Waals surface area contributed by atoms with Gasteiger partial charge < -0.3 is 19.3 Å². The molecule has 0 radical (unpaired) electrons. The van der Waals surface area contributed by atoms with Crippen LogP contribution in [0.4, 0.5) is 4.79 Å². The molecule has 0 aromatic heterocycles. The number of hydrazone groups is 1. The Hall–Kier alpha value is -2.44. The topological polar surface area (TPSA) is 89.4 Å². The first kappa shape index (κ1) is 13.6. The van der Waals surface area contributed by atoms with Crippen molar-refractivity contribution >= 4 is 12.3 Å². The van der Waals surface area contributed by atoms with Crippen molar-refractivity contribution in [3.05, 3.63) is 17.7 Å². The zero-order chi connectivity index (χ0) is 13.5. The predicted octanol–water partition coefficient (Wildman–Crippen LogP) is 1.10. The summed E-state index contributed by atoms with van der Waals surface area (Å²) >= 11 is 0. The molecule has 18 heavy (non-hydrogen) atoms. The molecule has 7 heteroatoms. The molecular weight excluding hydrogens is 240 g/mol. The molecule has 0 aliphatic rings. The van der Waals surface area contributed by atoms with Crippen molar-refractivity contribution in [2.75, 3.05) is 21.3 Å². The van der Waals surface area contributed by atoms with Gasteiger partial charge in [-0.1, -0.05) is 0 Å². The predicted molar refractivity (Wildman–Crippen MR) is 64.3 cm³/mol. The third-order valence-corrected chi connectivity index (χ3v) is 2.08. The number of carbonyl (C=O) groups excluding carboxylic acids is 1. The van der Waals surface area contributed by atoms with Gasteiger partial charge >= 0.3 is 6.09 Å². The Morgan fingerprint density at radius 2 is 2.06 bits per heavy atom. The molecule has 0 fully saturated rings. The fourth-order valence-electron chi connectivity index (χ4n) is 1.20. The van der Waals surface area contributed by atoms with Crippen molar-refractivity contribution in [2.24, 2.45) is 5.10 Å². The van der Waals surface area contributed by atoms with Crippen LogP contribution in [0.5, 0.6) is 17.2 Å². The van der Waals surface area contributed by atoms with Crippen LogP contribution in [0, 0.1) is 0 Å². The van der Waals surface area contributed by atoms with Gasteiger partial charge in [-0.05, 0) is 0 Å². The minimum absolute atomic E-state index is 0.0818. The second-order valence-corrected chi connectivity index (χ2v) is 3.12. The molecule has 7 nitrogen and oxygen atoms in total. The van der Waals surface area contributed by atoms with Crippen LogP contribution in [0.15, 0.2) is 17.2 Å². The Bertz CT molecular complexity index is 459. The highest BCUT2D eigenvalue weighted by Gasteiger charge is 2.09. The van der Waals surface area contributed by atoms with Gasteiger partial charge in [0, 0.05) is 12.1 Å². The molecule has 0 bridgehead atoms. The van der Waals surface area contributed by atoms with Gasteiger partial charge in [0.2, 0.25) is 0 Å². The Morgan fingerprint density at radius 3 is 2.61 bits per heavy atom. The fraction of sp³-hybridized carbons (Fsp3) is 0.273. The molecule has 0 saturated heterocycles. The molecule has 1 amide bonds. The van der Waals surface area contributed by atoms with Crippen molar-refractivity contribution in [3.8, 4) is 17.2 Å². The van der Waals surface area contributed by atoms with Crippen molar-refractivity contribution in [2.45, 2.75) is 0 Å². The number of aromatic hydroxyl groups is 1. The van der Waals surface area contributed by atoms with Crippen LogP contribution in [0.3, 0.4) is 0 Å². The molecule has 98 valence electrons. The van der Waals surface area contributed by atoms with Crippen molar-refractivity contribution in [3.63, 3.8) is 0 Å². The van der Waals surface area contributed by atoms with Crippen LogP contribution < -0.4 is 14.9 Å². The van der Waals surface area contributed by atoms with Crippen LogP contribution in [0.25, 0.3) is 0 Å². The summed E-state index contributed by atoms with van der Waals surface area (Å²) in [5.74, 6) is 0.728. The summed E-state index contributed by atoms with van der Waals surface area (Å²) < 4.78 is 14.4. The van der Waals surface area contributed by atoms with Crippen LogP contribution in [-0.2, 0) is 4.74 Å². The van der Waals surface area contributed by atoms with E-state index in [0.717, 1.165) is 0 Å². The number of rotatable bonds is 4. The second kappa shape index (κ2) is 6.33. The van der Waals surface area contributed by atoms with Gasteiger partial charge in [0.25, 0.3) is 0 Å². The summed E-state index contributed by atoms with van der Waals surface area (Å²) in [5.41, 5.74) is 2.41. The summed E-state index contributed by atoms with van der Waals surface area (Å²) in [4.78, 5) is 10.8. The Morgan fingerprint density at radius 1 is 1.33 bits per heavy atom. The normalized spacial score (nSPS) is 10.2. The van der Waals surface area contributed by atoms with Gasteiger partial charge in [-0.2, -0.15) is 5.10 Å². The third kappa shape index (κ3) is 3.27. The van der Waals surface area contributed by atoms with Gasteiger partial charge in [0.15, 0.2) is 0 Å². The number of methoxy groups -OCH3 is 3. The monoisotopic (exact) mass is 254 g/mol. The summed E-state index contributed by atoms with van der Waals surface area (Å²) in [6.07, 6.45) is 0.531. The number of carbonyl (C=O) groups is 1. The minimum Gasteiger partial charge on any atom is -0.507 e. The van der Waals surface area contributed by atoms with Crippen molar-refractivity contribution in [1.29, 1.82) is 0 Å². The van der Waals surface area contributed by atoms with Crippen molar-refractivity contribution in [1.82, 2.24) is 5.43 Å². The molecule has 0 aliphatic heterocycles. The maximum absolute atomic E-state index is 10.8. The summed E-state index contributed by atoms with van der Waals surface area (Å²) in [6.45, 7) is 0. The maximum Gasteiger partial charge on any atom is 0.427 e. The summed E-state index contributed by atoms with van der Waals surface area (Å²) in [6, 6.07) is 2.99. The van der Waals surface area contributed by atoms with E-state index in [4.69, 9.17) is 9.47 Å². The lowest BCUT2D eigenvalue weighted by atomic mass is 10.2. The van der Waals surface area contributed by atoms with E-state index in [9.17, 15) is 9.90 Å². The average molecular weight is 254 g/mol. The molecule has 0 aliphatic carbocycles. The quantitative estimate of drug-likeness (QED) is 0.620. The molecule has 0 atom stereocenters. The molecular formula is C11H14N2O5. The highest BCUT2D eigenvalue weighted by atomic mass is 16.5. The van der Waals surface area contributed by atoms with E-state index in [-0.39, 0.29) is 5.75 Å². The van der Waals surface area contributed by atoms with E-state index in [1.165, 1.54) is 33.6 Å². The highest BCUT2D eigenvalue weighted by Crippen LogP contribution is 2.31. The Labute approximate surface area is 104 Å². The van der Waals surface area contributed by atoms with E-state index in [0.29, 0.717) is 17.1 Å². The first-order valence-electron chi connectivity index (χ1n) is 4.94. The molecule has 1 aromatic carbocycles. The lowest BCUT2D eigenvalue weighted by Crippen LogP contribution is -2.16. The number of hydrogen-bond acceptors (Lipinski definition) is 6. The number of nitrogens with zero attached hydrogens (tertiary/aromatic N) is 1. The largest absolute Gasteiger partial charge is 0.507 e. The number of hydrogen-bond donors (Lipinski definition) is 2. The zero-order valence-electron chi connectivity index (χ0n) is 10.3. The van der Waals surface area contributed by atoms with E-state index >= 15 is 0 Å². The zero-order valence-corrected chi connectivity index (χ0v) is 10.3. The fourth-order valence-corrected chi connectivity index (χ4v) is 1.20. The van der Waals surface area contributed by atoms with Gasteiger partial charge in [-0.25, -0.2) is 10.2 Å². The lowest BCUT2D eigenvalue weighted by molar-refractivity contribution is 0.171. The smallest absolute Gasteiger partial charge is 0.427 e. The van der Waals surface area contributed by atoms with E-state index in [1.54, 1.807) is 6.07 Å². The molecule has 0 unspecified atom stereocenters. The number of phenols is 1. The first-order valence-corrected chi connectivity index (χ1v) is 4.94. The van der Waals surface area contributed by atoms with Crippen LogP contribution in [0.1, 0.15) is 5.56 Å². The number of phenolic OH excluding ortho intramolecular Hbond substituents is 1. The number of nitrogens with one attached hydrogen (secondary N) is 1. The molecule has 0 heterocycles. The van der Waals surface area contributed by atoms with Gasteiger partial charge in [-0.15, -0.1) is 0 Å². The van der Waals surface area contributed by atoms with E-state index in [1.807, 2.05) is 0 Å². The third-order valence-electron chi connectivity index (χ3n) is 2.08. The molecule has 1 rings (SSSR count). The minimum atomic E-state index is -0.710. The highest BCUT2D eigenvalue weighted by molar-refractivity contribution is 5.88. The molecule has 0 spiro atoms. The van der Waals surface area contributed by atoms with Crippen LogP contribution >= 0.6 is 0 Å². The molecule has 2 N–H and O–H groups in total. The SMILES string of the molecule is COC(=O)NN=Cc1c(O)cc(OC)cc1OC. The standard InChI is InChI=1S/C11H14N2O5/c1-16-7-4-9(14)8(10(5-7)17-2)6-12-13-11(15)18-3/h4-6,14H,1-3H3,(H,13,15). The number of benzene rings is 1. The Kier molecular flexibility index (Phi) is 4.79. The van der Waals surface area contributed by atoms with Gasteiger partial charge in [0.1, 0.15) is 17.2 Å². The van der Waals surface area contributed by atoms with Crippen LogP contribution in [0.2, 0.25) is 0 Å². The second-order valence-electron chi connectivity index (χ2n) is 3.12. The number of amides is 1. The van der Waals surface area contributed by atoms with Gasteiger partial charge in [-0.3, -0.25) is 0 Å². The first-order chi connectivity index (χ1) is 8.62. The van der Waals surface area contributed by atoms with Crippen LogP contribution in [-0.4, -0.2) is 38.7 Å². The number of ether oxygens (including phenoxy) is 3. The van der Waals surface area contributed by atoms with Gasteiger partial charge in [0.05, 0.1) is 33.1 Å². The lowest BCUT2D eigenvalue weighted by Gasteiger charge is -2.09. The average Bonchev–Trinajstić information content (AvgIpc) is 2.39. The summed E-state index contributed by atoms with van der Waals surface area (Å²) in [5, 5.41) is 13.4. The maximum atomic E-state index is 10.8. The summed E-state index contributed by atoms with van der Waals surface area (Å²) in [7, 11) is 4.14. The van der Waals surface area contributed by atoms with E-state index in [2.05, 4.69) is 15.3 Å². The van der Waals surface area contributed by atoms with Crippen molar-refractivity contribution < 1.29 is 24.1 Å². The Balaban J connectivity index is 2.97. The molecule has 0 saturated carbocycles.